The molecule has 0 radical (unpaired) electrons. The van der Waals surface area contributed by atoms with Gasteiger partial charge in [-0.1, -0.05) is 42.0 Å². The predicted octanol–water partition coefficient (Wildman–Crippen LogP) is 2.88. The average molecular weight is 264 g/mol. The molecule has 3 nitrogen and oxygen atoms in total. The summed E-state index contributed by atoms with van der Waals surface area (Å²) in [6, 6.07) is 15.8. The molecule has 2 aromatic rings. The van der Waals surface area contributed by atoms with Crippen LogP contribution in [-0.4, -0.2) is 11.6 Å². The maximum atomic E-state index is 12.0. The van der Waals surface area contributed by atoms with Crippen LogP contribution < -0.4 is 5.43 Å². The number of benzene rings is 2. The zero-order valence-corrected chi connectivity index (χ0v) is 11.4. The van der Waals surface area contributed by atoms with Crippen molar-refractivity contribution in [2.75, 3.05) is 0 Å². The highest BCUT2D eigenvalue weighted by molar-refractivity contribution is 5.97. The van der Waals surface area contributed by atoms with Gasteiger partial charge in [0.25, 0.3) is 5.91 Å². The molecule has 20 heavy (non-hydrogen) atoms. The largest absolute Gasteiger partial charge is 0.271 e. The first-order valence-electron chi connectivity index (χ1n) is 6.71. The van der Waals surface area contributed by atoms with Gasteiger partial charge in [0.1, 0.15) is 0 Å². The lowest BCUT2D eigenvalue weighted by Gasteiger charge is -2.02. The number of carbonyl (C=O) groups is 1. The standard InChI is InChI=1S/C17H16N2O/c1-12-5-4-8-15(9-12)17(20)19-18-16-10-13-6-2-3-7-14(13)11-16/h2-9H,10-11H2,1H3,(H,19,20). The van der Waals surface area contributed by atoms with Crippen LogP contribution in [0.1, 0.15) is 27.0 Å². The summed E-state index contributed by atoms with van der Waals surface area (Å²) in [5.41, 5.74) is 7.97. The second kappa shape index (κ2) is 5.29. The van der Waals surface area contributed by atoms with E-state index in [1.54, 1.807) is 6.07 Å². The third-order valence-corrected chi connectivity index (χ3v) is 3.50. The molecule has 0 atom stereocenters. The van der Waals surface area contributed by atoms with Crippen molar-refractivity contribution < 1.29 is 4.79 Å². The molecule has 3 rings (SSSR count). The molecule has 0 heterocycles. The third kappa shape index (κ3) is 2.62. The van der Waals surface area contributed by atoms with E-state index in [0.29, 0.717) is 5.56 Å². The summed E-state index contributed by atoms with van der Waals surface area (Å²) < 4.78 is 0. The van der Waals surface area contributed by atoms with E-state index in [1.165, 1.54) is 11.1 Å². The van der Waals surface area contributed by atoms with Crippen LogP contribution in [0.5, 0.6) is 0 Å². The predicted molar refractivity (Wildman–Crippen MR) is 79.9 cm³/mol. The van der Waals surface area contributed by atoms with Crippen molar-refractivity contribution in [2.45, 2.75) is 19.8 Å². The molecule has 0 bridgehead atoms. The van der Waals surface area contributed by atoms with Crippen LogP contribution in [0.15, 0.2) is 53.6 Å². The fraction of sp³-hybridized carbons (Fsp3) is 0.176. The van der Waals surface area contributed by atoms with Crippen molar-refractivity contribution in [1.29, 1.82) is 0 Å². The maximum Gasteiger partial charge on any atom is 0.271 e. The van der Waals surface area contributed by atoms with E-state index < -0.39 is 0 Å². The third-order valence-electron chi connectivity index (χ3n) is 3.50. The molecule has 0 aromatic heterocycles. The SMILES string of the molecule is Cc1cccc(C(=O)NN=C2Cc3ccccc3C2)c1. The molecule has 1 N–H and O–H groups in total. The lowest BCUT2D eigenvalue weighted by Crippen LogP contribution is -2.20. The van der Waals surface area contributed by atoms with Crippen LogP contribution in [0.25, 0.3) is 0 Å². The number of hydrogen-bond acceptors (Lipinski definition) is 2. The molecule has 1 amide bonds. The van der Waals surface area contributed by atoms with Crippen molar-refractivity contribution in [3.8, 4) is 0 Å². The van der Waals surface area contributed by atoms with Crippen LogP contribution in [0.2, 0.25) is 0 Å². The van der Waals surface area contributed by atoms with Gasteiger partial charge in [-0.05, 0) is 30.2 Å². The van der Waals surface area contributed by atoms with Gasteiger partial charge >= 0.3 is 0 Å². The van der Waals surface area contributed by atoms with Crippen molar-refractivity contribution in [1.82, 2.24) is 5.43 Å². The number of hydrazone groups is 1. The summed E-state index contributed by atoms with van der Waals surface area (Å²) in [4.78, 5) is 12.0. The highest BCUT2D eigenvalue weighted by Gasteiger charge is 2.16. The molecule has 3 heteroatoms. The topological polar surface area (TPSA) is 41.5 Å². The van der Waals surface area contributed by atoms with E-state index >= 15 is 0 Å². The van der Waals surface area contributed by atoms with Crippen LogP contribution in [-0.2, 0) is 12.8 Å². The normalized spacial score (nSPS) is 12.9. The highest BCUT2D eigenvalue weighted by Crippen LogP contribution is 2.19. The zero-order valence-electron chi connectivity index (χ0n) is 11.4. The lowest BCUT2D eigenvalue weighted by molar-refractivity contribution is 0.0954. The molecule has 0 saturated heterocycles. The van der Waals surface area contributed by atoms with Gasteiger partial charge < -0.3 is 0 Å². The summed E-state index contributed by atoms with van der Waals surface area (Å²) in [6.07, 6.45) is 1.65. The highest BCUT2D eigenvalue weighted by atomic mass is 16.2. The number of carbonyl (C=O) groups excluding carboxylic acids is 1. The Kier molecular flexibility index (Phi) is 3.33. The molecule has 0 spiro atoms. The van der Waals surface area contributed by atoms with E-state index in [4.69, 9.17) is 0 Å². The van der Waals surface area contributed by atoms with E-state index in [9.17, 15) is 4.79 Å². The molecule has 0 saturated carbocycles. The van der Waals surface area contributed by atoms with Gasteiger partial charge in [-0.15, -0.1) is 0 Å². The Balaban J connectivity index is 1.69. The Morgan fingerprint density at radius 1 is 1.05 bits per heavy atom. The zero-order chi connectivity index (χ0) is 13.9. The van der Waals surface area contributed by atoms with Crippen molar-refractivity contribution in [3.05, 3.63) is 70.8 Å². The van der Waals surface area contributed by atoms with Crippen LogP contribution in [0, 0.1) is 6.92 Å². The van der Waals surface area contributed by atoms with E-state index in [0.717, 1.165) is 24.1 Å². The van der Waals surface area contributed by atoms with E-state index in [1.807, 2.05) is 37.3 Å². The molecule has 0 fully saturated rings. The summed E-state index contributed by atoms with van der Waals surface area (Å²) in [6.45, 7) is 1.97. The number of amides is 1. The molecule has 0 aliphatic heterocycles. The first-order valence-corrected chi connectivity index (χ1v) is 6.71. The van der Waals surface area contributed by atoms with Gasteiger partial charge in [-0.25, -0.2) is 5.43 Å². The maximum absolute atomic E-state index is 12.0. The second-order valence-corrected chi connectivity index (χ2v) is 5.11. The Morgan fingerprint density at radius 2 is 1.75 bits per heavy atom. The van der Waals surface area contributed by atoms with Crippen molar-refractivity contribution in [2.24, 2.45) is 5.10 Å². The fourth-order valence-corrected chi connectivity index (χ4v) is 2.46. The smallest absolute Gasteiger partial charge is 0.267 e. The number of hydrogen-bond donors (Lipinski definition) is 1. The first-order chi connectivity index (χ1) is 9.72. The lowest BCUT2D eigenvalue weighted by atomic mass is 10.1. The minimum Gasteiger partial charge on any atom is -0.267 e. The van der Waals surface area contributed by atoms with E-state index in [-0.39, 0.29) is 5.91 Å². The minimum absolute atomic E-state index is 0.155. The van der Waals surface area contributed by atoms with Gasteiger partial charge in [-0.2, -0.15) is 5.10 Å². The second-order valence-electron chi connectivity index (χ2n) is 5.11. The van der Waals surface area contributed by atoms with Crippen LogP contribution >= 0.6 is 0 Å². The number of nitrogens with one attached hydrogen (secondary N) is 1. The van der Waals surface area contributed by atoms with Gasteiger partial charge in [0.15, 0.2) is 0 Å². The van der Waals surface area contributed by atoms with Gasteiger partial charge in [-0.3, -0.25) is 4.79 Å². The molecule has 2 aromatic carbocycles. The molecular weight excluding hydrogens is 248 g/mol. The summed E-state index contributed by atoms with van der Waals surface area (Å²) >= 11 is 0. The quantitative estimate of drug-likeness (QED) is 0.833. The Bertz CT molecular complexity index is 662. The number of aryl methyl sites for hydroxylation is 1. The van der Waals surface area contributed by atoms with Crippen LogP contribution in [0.4, 0.5) is 0 Å². The molecule has 1 aliphatic rings. The Labute approximate surface area is 118 Å². The van der Waals surface area contributed by atoms with E-state index in [2.05, 4.69) is 22.7 Å². The number of rotatable bonds is 2. The summed E-state index contributed by atoms with van der Waals surface area (Å²) in [5.74, 6) is -0.155. The molecule has 1 aliphatic carbocycles. The number of fused-ring (bicyclic) bond motifs is 1. The Morgan fingerprint density at radius 3 is 2.40 bits per heavy atom. The van der Waals surface area contributed by atoms with Crippen molar-refractivity contribution in [3.63, 3.8) is 0 Å². The van der Waals surface area contributed by atoms with Gasteiger partial charge in [0.2, 0.25) is 0 Å². The first kappa shape index (κ1) is 12.6. The monoisotopic (exact) mass is 264 g/mol. The molecule has 100 valence electrons. The fourth-order valence-electron chi connectivity index (χ4n) is 2.46. The average Bonchev–Trinajstić information content (AvgIpc) is 2.87. The molecule has 0 unspecified atom stereocenters. The van der Waals surface area contributed by atoms with Gasteiger partial charge in [0.05, 0.1) is 0 Å². The minimum atomic E-state index is -0.155. The molecular formula is C17H16N2O. The summed E-state index contributed by atoms with van der Waals surface area (Å²) in [7, 11) is 0. The van der Waals surface area contributed by atoms with Gasteiger partial charge in [0, 0.05) is 24.1 Å². The summed E-state index contributed by atoms with van der Waals surface area (Å²) in [5, 5.41) is 4.26. The number of nitrogens with zero attached hydrogens (tertiary/aromatic N) is 1. The van der Waals surface area contributed by atoms with Crippen molar-refractivity contribution >= 4 is 11.6 Å². The Hall–Kier alpha value is -2.42. The van der Waals surface area contributed by atoms with Crippen LogP contribution in [0.3, 0.4) is 0 Å².